The van der Waals surface area contributed by atoms with E-state index in [4.69, 9.17) is 0 Å². The Morgan fingerprint density at radius 2 is 1.56 bits per heavy atom. The van der Waals surface area contributed by atoms with Gasteiger partial charge in [-0.2, -0.15) is 22.0 Å². The van der Waals surface area contributed by atoms with Gasteiger partial charge in [0.1, 0.15) is 6.61 Å². The molecule has 0 N–H and O–H groups in total. The van der Waals surface area contributed by atoms with Crippen LogP contribution in [0.25, 0.3) is 0 Å². The first-order valence-corrected chi connectivity index (χ1v) is 8.84. The van der Waals surface area contributed by atoms with Crippen molar-refractivity contribution in [3.63, 3.8) is 0 Å². The van der Waals surface area contributed by atoms with Crippen LogP contribution in [0.5, 0.6) is 0 Å². The molecule has 0 spiro atoms. The number of alkyl halides is 5. The van der Waals surface area contributed by atoms with Crippen molar-refractivity contribution in [3.8, 4) is 0 Å². The fourth-order valence-corrected chi connectivity index (χ4v) is 3.46. The smallest absolute Gasteiger partial charge is 0.370 e. The van der Waals surface area contributed by atoms with Crippen molar-refractivity contribution in [1.82, 2.24) is 0 Å². The number of hydrogen-bond donors (Lipinski definition) is 0. The van der Waals surface area contributed by atoms with Crippen LogP contribution in [-0.4, -0.2) is 18.7 Å². The van der Waals surface area contributed by atoms with Gasteiger partial charge in [-0.05, 0) is 48.6 Å². The number of hydrogen-bond acceptors (Lipinski definition) is 1. The molecule has 142 valence electrons. The maximum atomic E-state index is 12.8. The predicted molar refractivity (Wildman–Crippen MR) is 86.7 cm³/mol. The predicted octanol–water partition coefficient (Wildman–Crippen LogP) is 6.47. The van der Waals surface area contributed by atoms with Crippen molar-refractivity contribution < 1.29 is 26.7 Å². The molecule has 6 heteroatoms. The van der Waals surface area contributed by atoms with Crippen LogP contribution in [0.3, 0.4) is 0 Å². The zero-order valence-electron chi connectivity index (χ0n) is 14.4. The topological polar surface area (TPSA) is 9.23 Å². The van der Waals surface area contributed by atoms with Crippen LogP contribution >= 0.6 is 0 Å². The van der Waals surface area contributed by atoms with Gasteiger partial charge in [0.15, 0.2) is 0 Å². The van der Waals surface area contributed by atoms with Crippen molar-refractivity contribution >= 4 is 0 Å². The Morgan fingerprint density at radius 1 is 0.960 bits per heavy atom. The highest BCUT2D eigenvalue weighted by atomic mass is 19.4. The van der Waals surface area contributed by atoms with E-state index in [-0.39, 0.29) is 6.61 Å². The second-order valence-corrected chi connectivity index (χ2v) is 6.94. The molecule has 25 heavy (non-hydrogen) atoms. The molecule has 0 heterocycles. The first-order chi connectivity index (χ1) is 11.7. The van der Waals surface area contributed by atoms with Gasteiger partial charge in [-0.3, -0.25) is 0 Å². The first-order valence-electron chi connectivity index (χ1n) is 8.84. The summed E-state index contributed by atoms with van der Waals surface area (Å²) >= 11 is 0. The number of ether oxygens (including phenoxy) is 1. The zero-order valence-corrected chi connectivity index (χ0v) is 14.4. The lowest BCUT2D eigenvalue weighted by Gasteiger charge is -2.28. The highest BCUT2D eigenvalue weighted by Gasteiger charge is 2.57. The lowest BCUT2D eigenvalue weighted by Crippen LogP contribution is -2.40. The minimum absolute atomic E-state index is 0.255. The molecule has 0 amide bonds. The van der Waals surface area contributed by atoms with E-state index in [9.17, 15) is 22.0 Å². The molecule has 1 aromatic carbocycles. The van der Waals surface area contributed by atoms with E-state index in [1.54, 1.807) is 12.1 Å². The summed E-state index contributed by atoms with van der Waals surface area (Å²) < 4.78 is 66.3. The standard InChI is InChI=1S/C19H25F5O/c1-2-3-14-4-8-16(9-5-14)17-10-6-15(7-11-17)12-25-13-18(20,21)19(22,23)24/h6-7,10-11,14,16H,2-5,8-9,12-13H2,1H3. The minimum atomic E-state index is -5.58. The first kappa shape index (κ1) is 20.1. The summed E-state index contributed by atoms with van der Waals surface area (Å²) in [5.74, 6) is -3.48. The van der Waals surface area contributed by atoms with Crippen molar-refractivity contribution in [3.05, 3.63) is 35.4 Å². The Labute approximate surface area is 145 Å². The normalized spacial score (nSPS) is 22.2. The van der Waals surface area contributed by atoms with Crippen LogP contribution in [0.1, 0.15) is 62.5 Å². The second-order valence-electron chi connectivity index (χ2n) is 6.94. The van der Waals surface area contributed by atoms with E-state index in [2.05, 4.69) is 11.7 Å². The third-order valence-electron chi connectivity index (χ3n) is 4.96. The molecule has 1 fully saturated rings. The van der Waals surface area contributed by atoms with E-state index >= 15 is 0 Å². The monoisotopic (exact) mass is 364 g/mol. The van der Waals surface area contributed by atoms with Gasteiger partial charge in [0.2, 0.25) is 0 Å². The maximum Gasteiger partial charge on any atom is 0.455 e. The van der Waals surface area contributed by atoms with Crippen molar-refractivity contribution in [2.75, 3.05) is 6.61 Å². The summed E-state index contributed by atoms with van der Waals surface area (Å²) in [6.45, 7) is 0.298. The Morgan fingerprint density at radius 3 is 2.08 bits per heavy atom. The zero-order chi connectivity index (χ0) is 18.5. The lowest BCUT2D eigenvalue weighted by molar-refractivity contribution is -0.297. The van der Waals surface area contributed by atoms with E-state index in [1.165, 1.54) is 31.2 Å². The van der Waals surface area contributed by atoms with Crippen LogP contribution < -0.4 is 0 Å². The van der Waals surface area contributed by atoms with Gasteiger partial charge in [-0.25, -0.2) is 0 Å². The summed E-state index contributed by atoms with van der Waals surface area (Å²) in [5.41, 5.74) is 1.81. The molecule has 0 atom stereocenters. The summed E-state index contributed by atoms with van der Waals surface area (Å²) in [4.78, 5) is 0. The van der Waals surface area contributed by atoms with Gasteiger partial charge in [0.25, 0.3) is 0 Å². The number of rotatable bonds is 7. The molecule has 1 aliphatic carbocycles. The third-order valence-corrected chi connectivity index (χ3v) is 4.96. The molecule has 0 saturated heterocycles. The van der Waals surface area contributed by atoms with Crippen LogP contribution in [0.2, 0.25) is 0 Å². The Kier molecular flexibility index (Phi) is 6.83. The van der Waals surface area contributed by atoms with Crippen LogP contribution in [-0.2, 0) is 11.3 Å². The molecule has 0 unspecified atom stereocenters. The van der Waals surface area contributed by atoms with Crippen molar-refractivity contribution in [1.29, 1.82) is 0 Å². The average Bonchev–Trinajstić information content (AvgIpc) is 2.55. The number of benzene rings is 1. The third kappa shape index (κ3) is 5.66. The molecule has 1 aromatic rings. The van der Waals surface area contributed by atoms with Gasteiger partial charge in [-0.15, -0.1) is 0 Å². The Bertz CT molecular complexity index is 516. The SMILES string of the molecule is CCCC1CCC(c2ccc(COCC(F)(F)C(F)(F)F)cc2)CC1. The van der Waals surface area contributed by atoms with Crippen LogP contribution in [0.4, 0.5) is 22.0 Å². The Hall–Kier alpha value is -1.17. The molecule has 1 nitrogen and oxygen atoms in total. The fraction of sp³-hybridized carbons (Fsp3) is 0.684. The largest absolute Gasteiger partial charge is 0.455 e. The average molecular weight is 364 g/mol. The number of halogens is 5. The summed E-state index contributed by atoms with van der Waals surface area (Å²) in [5, 5.41) is 0. The molecular formula is C19H25F5O. The molecule has 2 rings (SSSR count). The lowest BCUT2D eigenvalue weighted by atomic mass is 9.77. The molecule has 0 radical (unpaired) electrons. The minimum Gasteiger partial charge on any atom is -0.370 e. The van der Waals surface area contributed by atoms with Crippen LogP contribution in [0, 0.1) is 5.92 Å². The molecular weight excluding hydrogens is 339 g/mol. The van der Waals surface area contributed by atoms with Crippen molar-refractivity contribution in [2.45, 2.75) is 70.1 Å². The van der Waals surface area contributed by atoms with E-state index in [0.717, 1.165) is 18.8 Å². The maximum absolute atomic E-state index is 12.8. The van der Waals surface area contributed by atoms with Crippen LogP contribution in [0.15, 0.2) is 24.3 Å². The van der Waals surface area contributed by atoms with Gasteiger partial charge in [0.05, 0.1) is 6.61 Å². The highest BCUT2D eigenvalue weighted by molar-refractivity contribution is 5.25. The van der Waals surface area contributed by atoms with Gasteiger partial charge >= 0.3 is 12.1 Å². The highest BCUT2D eigenvalue weighted by Crippen LogP contribution is 2.38. The second kappa shape index (κ2) is 8.47. The summed E-state index contributed by atoms with van der Waals surface area (Å²) in [7, 11) is 0. The van der Waals surface area contributed by atoms with Gasteiger partial charge in [0, 0.05) is 0 Å². The quantitative estimate of drug-likeness (QED) is 0.504. The molecule has 0 bridgehead atoms. The fourth-order valence-electron chi connectivity index (χ4n) is 3.46. The van der Waals surface area contributed by atoms with E-state index in [0.29, 0.717) is 11.5 Å². The molecule has 1 saturated carbocycles. The van der Waals surface area contributed by atoms with Crippen molar-refractivity contribution in [2.24, 2.45) is 5.92 Å². The van der Waals surface area contributed by atoms with E-state index < -0.39 is 18.7 Å². The Balaban J connectivity index is 1.81. The molecule has 0 aliphatic heterocycles. The molecule has 1 aliphatic rings. The summed E-state index contributed by atoms with van der Waals surface area (Å²) in [6.07, 6.45) is 1.69. The van der Waals surface area contributed by atoms with E-state index in [1.807, 2.05) is 12.1 Å². The summed E-state index contributed by atoms with van der Waals surface area (Å²) in [6, 6.07) is 7.37. The molecule has 0 aromatic heterocycles. The van der Waals surface area contributed by atoms with Gasteiger partial charge < -0.3 is 4.74 Å². The van der Waals surface area contributed by atoms with Gasteiger partial charge in [-0.1, -0.05) is 44.0 Å².